The predicted octanol–water partition coefficient (Wildman–Crippen LogP) is 1.53. The quantitative estimate of drug-likeness (QED) is 0.465. The summed E-state index contributed by atoms with van der Waals surface area (Å²) in [6.45, 7) is 6.12. The van der Waals surface area contributed by atoms with Crippen molar-refractivity contribution in [3.05, 3.63) is 20.6 Å². The third-order valence-electron chi connectivity index (χ3n) is 1.65. The number of nitro groups is 1. The fraction of sp³-hybridized carbons (Fsp3) is 0.500. The van der Waals surface area contributed by atoms with Gasteiger partial charge in [0, 0.05) is 0 Å². The van der Waals surface area contributed by atoms with Crippen LogP contribution in [0.3, 0.4) is 0 Å². The number of anilines is 1. The third kappa shape index (κ3) is 2.11. The molecule has 1 aromatic heterocycles. The molecule has 0 unspecified atom stereocenters. The Morgan fingerprint density at radius 3 is 2.31 bits per heavy atom. The zero-order valence-corrected chi connectivity index (χ0v) is 9.54. The van der Waals surface area contributed by atoms with Gasteiger partial charge >= 0.3 is 82.2 Å². The van der Waals surface area contributed by atoms with E-state index < -0.39 is 0 Å². The molecule has 1 rings (SSSR count). The van der Waals surface area contributed by atoms with E-state index in [9.17, 15) is 10.1 Å². The molecule has 72 valence electrons. The van der Waals surface area contributed by atoms with Gasteiger partial charge in [0.15, 0.2) is 0 Å². The first-order valence-electron chi connectivity index (χ1n) is 3.86. The number of rotatable bonds is 1. The Kier molecular flexibility index (Phi) is 2.50. The minimum atomic E-state index is -0.370. The molecule has 1 aromatic rings. The second kappa shape index (κ2) is 3.16. The summed E-state index contributed by atoms with van der Waals surface area (Å²) in [6.07, 6.45) is 0. The monoisotopic (exact) mass is 248 g/mol. The van der Waals surface area contributed by atoms with Crippen molar-refractivity contribution in [3.8, 4) is 0 Å². The Balaban J connectivity index is 3.17. The molecule has 0 aromatic carbocycles. The van der Waals surface area contributed by atoms with Crippen molar-refractivity contribution in [1.29, 1.82) is 0 Å². The molecule has 0 radical (unpaired) electrons. The first-order valence-corrected chi connectivity index (χ1v) is 5.58. The van der Waals surface area contributed by atoms with E-state index in [1.165, 1.54) is 0 Å². The maximum atomic E-state index is 10.5. The summed E-state index contributed by atoms with van der Waals surface area (Å²) in [5, 5.41) is 10.5. The van der Waals surface area contributed by atoms with Gasteiger partial charge in [0.25, 0.3) is 0 Å². The van der Waals surface area contributed by atoms with Gasteiger partial charge in [-0.25, -0.2) is 0 Å². The van der Waals surface area contributed by atoms with E-state index >= 15 is 0 Å². The van der Waals surface area contributed by atoms with Gasteiger partial charge in [0.05, 0.1) is 0 Å². The number of hydrogen-bond acceptors (Lipinski definition) is 3. The molecular weight excluding hydrogens is 235 g/mol. The predicted molar refractivity (Wildman–Crippen MR) is 53.1 cm³/mol. The van der Waals surface area contributed by atoms with Gasteiger partial charge in [-0.2, -0.15) is 0 Å². The van der Waals surface area contributed by atoms with Gasteiger partial charge in [-0.15, -0.1) is 0 Å². The Morgan fingerprint density at radius 1 is 1.54 bits per heavy atom. The number of nitrogens with zero attached hydrogens (tertiary/aromatic N) is 1. The van der Waals surface area contributed by atoms with Crippen molar-refractivity contribution in [2.24, 2.45) is 0 Å². The van der Waals surface area contributed by atoms with Crippen LogP contribution in [0.2, 0.25) is 0 Å². The molecule has 0 saturated carbocycles. The average molecular weight is 247 g/mol. The van der Waals surface area contributed by atoms with Crippen LogP contribution in [0.4, 0.5) is 10.2 Å². The standard InChI is InChI=1S/C8H12N2O2Se/c1-8(2,3)6-4-5(9)7(13-6)10(11)12/h4H,9H2,1-3H3. The van der Waals surface area contributed by atoms with E-state index in [1.54, 1.807) is 6.07 Å². The molecule has 2 N–H and O–H groups in total. The number of hydrogen-bond donors (Lipinski definition) is 1. The van der Waals surface area contributed by atoms with Crippen LogP contribution in [0.15, 0.2) is 6.07 Å². The second-order valence-electron chi connectivity index (χ2n) is 3.88. The summed E-state index contributed by atoms with van der Waals surface area (Å²) < 4.78 is 1.28. The topological polar surface area (TPSA) is 69.2 Å². The molecule has 0 saturated heterocycles. The van der Waals surface area contributed by atoms with Crippen LogP contribution in [0, 0.1) is 10.1 Å². The molecule has 4 nitrogen and oxygen atoms in total. The average Bonchev–Trinajstić information content (AvgIpc) is 2.29. The molecule has 0 aliphatic carbocycles. The van der Waals surface area contributed by atoms with E-state index in [1.807, 2.05) is 20.8 Å². The first kappa shape index (κ1) is 10.3. The van der Waals surface area contributed by atoms with Crippen LogP contribution >= 0.6 is 0 Å². The summed E-state index contributed by atoms with van der Waals surface area (Å²) in [5.41, 5.74) is 5.86. The normalized spacial score (nSPS) is 11.6. The Hall–Kier alpha value is -0.801. The molecule has 1 heterocycles. The fourth-order valence-corrected chi connectivity index (χ4v) is 2.90. The number of nitrogen functional groups attached to an aromatic ring is 1. The van der Waals surface area contributed by atoms with Crippen LogP contribution in [-0.4, -0.2) is 19.4 Å². The fourth-order valence-electron chi connectivity index (χ4n) is 0.908. The maximum absolute atomic E-state index is 10.5. The van der Waals surface area contributed by atoms with Crippen LogP contribution in [-0.2, 0) is 5.41 Å². The summed E-state index contributed by atoms with van der Waals surface area (Å²) in [7, 11) is 0. The van der Waals surface area contributed by atoms with Crippen LogP contribution in [0.1, 0.15) is 25.2 Å². The van der Waals surface area contributed by atoms with Crippen molar-refractivity contribution < 1.29 is 4.92 Å². The van der Waals surface area contributed by atoms with Gasteiger partial charge in [0.2, 0.25) is 0 Å². The zero-order chi connectivity index (χ0) is 10.2. The first-order chi connectivity index (χ1) is 5.82. The molecule has 13 heavy (non-hydrogen) atoms. The van der Waals surface area contributed by atoms with Crippen LogP contribution in [0.25, 0.3) is 0 Å². The SMILES string of the molecule is CC(C)(C)c1cc(N)c([N+](=O)[O-])[se]1. The summed E-state index contributed by atoms with van der Waals surface area (Å²) >= 11 is -0.203. The Morgan fingerprint density at radius 2 is 2.08 bits per heavy atom. The molecule has 0 aliphatic rings. The van der Waals surface area contributed by atoms with E-state index in [-0.39, 0.29) is 29.4 Å². The molecule has 0 atom stereocenters. The second-order valence-corrected chi connectivity index (χ2v) is 6.04. The molecule has 0 bridgehead atoms. The third-order valence-corrected chi connectivity index (χ3v) is 4.85. The molecule has 0 amide bonds. The molecule has 0 fully saturated rings. The van der Waals surface area contributed by atoms with Crippen LogP contribution in [0.5, 0.6) is 0 Å². The van der Waals surface area contributed by atoms with E-state index in [4.69, 9.17) is 5.73 Å². The number of nitrogens with two attached hydrogens (primary N) is 1. The van der Waals surface area contributed by atoms with Gasteiger partial charge in [-0.1, -0.05) is 0 Å². The van der Waals surface area contributed by atoms with Gasteiger partial charge in [0.1, 0.15) is 0 Å². The molecule has 5 heteroatoms. The summed E-state index contributed by atoms with van der Waals surface area (Å²) in [5.74, 6) is 0. The van der Waals surface area contributed by atoms with Crippen molar-refractivity contribution in [1.82, 2.24) is 0 Å². The van der Waals surface area contributed by atoms with E-state index in [0.29, 0.717) is 5.69 Å². The van der Waals surface area contributed by atoms with E-state index in [2.05, 4.69) is 0 Å². The van der Waals surface area contributed by atoms with Crippen LogP contribution < -0.4 is 5.73 Å². The van der Waals surface area contributed by atoms with Crippen molar-refractivity contribution in [2.45, 2.75) is 26.2 Å². The zero-order valence-electron chi connectivity index (χ0n) is 7.83. The van der Waals surface area contributed by atoms with Gasteiger partial charge < -0.3 is 0 Å². The van der Waals surface area contributed by atoms with Gasteiger partial charge in [-0.05, 0) is 0 Å². The Bertz CT molecular complexity index is 338. The van der Waals surface area contributed by atoms with E-state index in [0.717, 1.165) is 4.44 Å². The minimum absolute atomic E-state index is 0.0115. The van der Waals surface area contributed by atoms with Crippen molar-refractivity contribution in [3.63, 3.8) is 0 Å². The molecule has 0 aliphatic heterocycles. The van der Waals surface area contributed by atoms with Gasteiger partial charge in [-0.3, -0.25) is 0 Å². The van der Waals surface area contributed by atoms with Crippen molar-refractivity contribution in [2.75, 3.05) is 5.73 Å². The Labute approximate surface area is 82.6 Å². The molecule has 0 spiro atoms. The summed E-state index contributed by atoms with van der Waals surface area (Å²) in [6, 6.07) is 1.75. The molecular formula is C8H12N2O2Se. The van der Waals surface area contributed by atoms with Crippen molar-refractivity contribution >= 4 is 24.8 Å². The summed E-state index contributed by atoms with van der Waals surface area (Å²) in [4.78, 5) is 10.2.